The van der Waals surface area contributed by atoms with E-state index in [-0.39, 0.29) is 18.3 Å². The first-order valence-corrected chi connectivity index (χ1v) is 8.20. The molecule has 1 aromatic carbocycles. The van der Waals surface area contributed by atoms with Crippen LogP contribution in [0.25, 0.3) is 0 Å². The van der Waals surface area contributed by atoms with Gasteiger partial charge in [-0.3, -0.25) is 9.79 Å². The van der Waals surface area contributed by atoms with E-state index < -0.39 is 0 Å². The molecule has 136 valence electrons. The highest BCUT2D eigenvalue weighted by Crippen LogP contribution is 2.12. The Bertz CT molecular complexity index is 687. The largest absolute Gasteiger partial charge is 0.378 e. The molecule has 2 N–H and O–H groups in total. The summed E-state index contributed by atoms with van der Waals surface area (Å²) in [5, 5.41) is 0.586. The molecule has 0 spiro atoms. The molecule has 0 atom stereocenters. The molecule has 1 aromatic rings. The predicted molar refractivity (Wildman–Crippen MR) is 107 cm³/mol. The molecule has 1 aliphatic heterocycles. The molecule has 9 heteroatoms. The Morgan fingerprint density at radius 2 is 2.12 bits per heavy atom. The Hall–Kier alpha value is -2.29. The Morgan fingerprint density at radius 1 is 1.42 bits per heavy atom. The Balaban J connectivity index is 0.000000289. The molecule has 2 radical (unpaired) electrons. The summed E-state index contributed by atoms with van der Waals surface area (Å²) in [4.78, 5) is 24.1. The van der Waals surface area contributed by atoms with Crippen molar-refractivity contribution in [2.24, 2.45) is 20.7 Å². The van der Waals surface area contributed by atoms with E-state index in [4.69, 9.17) is 29.9 Å². The summed E-state index contributed by atoms with van der Waals surface area (Å²) in [7, 11) is 5.50. The maximum Gasteiger partial charge on any atom is 0.246 e. The fourth-order valence-electron chi connectivity index (χ4n) is 1.97. The monoisotopic (exact) mass is 373 g/mol. The minimum Gasteiger partial charge on any atom is -0.378 e. The molecular formula is C17H21BClN5O2. The number of nitrogens with two attached hydrogens (primary N) is 1. The first-order valence-electron chi connectivity index (χ1n) is 7.82. The Labute approximate surface area is 159 Å². The van der Waals surface area contributed by atoms with Crippen molar-refractivity contribution in [3.63, 3.8) is 0 Å². The number of benzene rings is 1. The van der Waals surface area contributed by atoms with Crippen molar-refractivity contribution in [3.8, 4) is 0 Å². The van der Waals surface area contributed by atoms with E-state index in [9.17, 15) is 4.79 Å². The molecule has 0 saturated carbocycles. The van der Waals surface area contributed by atoms with Gasteiger partial charge in [-0.1, -0.05) is 30.3 Å². The van der Waals surface area contributed by atoms with Crippen LogP contribution in [0, 0.1) is 0 Å². The van der Waals surface area contributed by atoms with Crippen molar-refractivity contribution in [2.75, 3.05) is 33.0 Å². The minimum absolute atomic E-state index is 0.00306. The van der Waals surface area contributed by atoms with Gasteiger partial charge < -0.3 is 15.4 Å². The normalized spacial score (nSPS) is 14.9. The molecule has 1 aliphatic rings. The van der Waals surface area contributed by atoms with E-state index >= 15 is 0 Å². The number of hydrogen-bond donors (Lipinski definition) is 1. The van der Waals surface area contributed by atoms with Crippen LogP contribution in [0.3, 0.4) is 0 Å². The highest BCUT2D eigenvalue weighted by molar-refractivity contribution is 6.60. The van der Waals surface area contributed by atoms with Gasteiger partial charge in [0.1, 0.15) is 0 Å². The first kappa shape index (κ1) is 21.8. The Kier molecular flexibility index (Phi) is 10.2. The van der Waals surface area contributed by atoms with Gasteiger partial charge in [-0.25, -0.2) is 9.98 Å². The number of nitrogens with zero attached hydrogens (tertiary/aromatic N) is 4. The fraction of sp³-hybridized carbons (Fsp3) is 0.294. The lowest BCUT2D eigenvalue weighted by atomic mass is 10.1. The van der Waals surface area contributed by atoms with E-state index in [0.717, 1.165) is 5.56 Å². The van der Waals surface area contributed by atoms with Crippen molar-refractivity contribution in [3.05, 3.63) is 47.5 Å². The average molecular weight is 374 g/mol. The van der Waals surface area contributed by atoms with Crippen LogP contribution in [-0.2, 0) is 9.53 Å². The quantitative estimate of drug-likeness (QED) is 0.374. The van der Waals surface area contributed by atoms with E-state index in [1.165, 1.54) is 6.08 Å². The van der Waals surface area contributed by atoms with Gasteiger partial charge >= 0.3 is 0 Å². The van der Waals surface area contributed by atoms with Gasteiger partial charge in [-0.05, 0) is 24.9 Å². The third-order valence-corrected chi connectivity index (χ3v) is 3.44. The highest BCUT2D eigenvalue weighted by atomic mass is 35.5. The zero-order chi connectivity index (χ0) is 19.4. The van der Waals surface area contributed by atoms with Gasteiger partial charge in [-0.15, -0.1) is 0 Å². The third-order valence-electron chi connectivity index (χ3n) is 3.20. The summed E-state index contributed by atoms with van der Waals surface area (Å²) >= 11 is 5.85. The molecule has 0 bridgehead atoms. The molecule has 1 fully saturated rings. The van der Waals surface area contributed by atoms with Gasteiger partial charge in [0.2, 0.25) is 5.91 Å². The van der Waals surface area contributed by atoms with Crippen molar-refractivity contribution in [1.29, 1.82) is 0 Å². The molecule has 1 amide bonds. The van der Waals surface area contributed by atoms with Gasteiger partial charge in [0.25, 0.3) is 0 Å². The molecule has 0 unspecified atom stereocenters. The summed E-state index contributed by atoms with van der Waals surface area (Å²) < 4.78 is 5.07. The van der Waals surface area contributed by atoms with Crippen LogP contribution in [0.2, 0.25) is 5.02 Å². The summed E-state index contributed by atoms with van der Waals surface area (Å²) in [6.07, 6.45) is 1.34. The van der Waals surface area contributed by atoms with Gasteiger partial charge in [0.05, 0.1) is 25.6 Å². The van der Waals surface area contributed by atoms with E-state index in [2.05, 4.69) is 28.3 Å². The molecule has 0 aliphatic carbocycles. The average Bonchev–Trinajstić information content (AvgIpc) is 2.67. The summed E-state index contributed by atoms with van der Waals surface area (Å²) in [6.45, 7) is 9.60. The molecule has 2 rings (SSSR count). The number of hydrogen-bond acceptors (Lipinski definition) is 4. The summed E-state index contributed by atoms with van der Waals surface area (Å²) in [5.41, 5.74) is 5.99. The second-order valence-electron chi connectivity index (χ2n) is 4.94. The smallest absolute Gasteiger partial charge is 0.246 e. The zero-order valence-electron chi connectivity index (χ0n) is 14.5. The number of aliphatic imine (C=N–C) groups is 3. The first-order chi connectivity index (χ1) is 12.5. The lowest BCUT2D eigenvalue weighted by Crippen LogP contribution is -2.39. The number of carbonyl (C=O) groups excluding carboxylic acids is 1. The number of amidine groups is 2. The number of carbonyl (C=O) groups is 1. The van der Waals surface area contributed by atoms with Crippen LogP contribution in [0.1, 0.15) is 5.56 Å². The molecular weight excluding hydrogens is 352 g/mol. The third kappa shape index (κ3) is 7.73. The lowest BCUT2D eigenvalue weighted by molar-refractivity contribution is -0.129. The van der Waals surface area contributed by atoms with Gasteiger partial charge in [0, 0.05) is 23.7 Å². The van der Waals surface area contributed by atoms with E-state index in [0.29, 0.717) is 37.2 Å². The predicted octanol–water partition coefficient (Wildman–Crippen LogP) is 1.26. The minimum atomic E-state index is 0.00306. The molecule has 0 aromatic heterocycles. The van der Waals surface area contributed by atoms with Crippen LogP contribution in [0.5, 0.6) is 0 Å². The van der Waals surface area contributed by atoms with E-state index in [1.807, 2.05) is 0 Å². The zero-order valence-corrected chi connectivity index (χ0v) is 15.2. The van der Waals surface area contributed by atoms with Crippen LogP contribution in [0.4, 0.5) is 0 Å². The molecule has 1 saturated heterocycles. The SMILES string of the molecule is C=CC(=O)N1CCOCC1.[B]C(=N/CN)/N=C(\N=C)c1cccc(Cl)c1. The standard InChI is InChI=1S/C10H10BClN4.C7H11NO2/c1-14-9(16-10(11)15-6-13)7-3-2-4-8(12)5-7;1-2-7(9)8-3-5-10-6-4-8/h2-5H,1,6,13H2;2H,1,3-6H2/b15-10-,16-9-;. The summed E-state index contributed by atoms with van der Waals surface area (Å²) in [5.74, 6) is 0.362. The van der Waals surface area contributed by atoms with Gasteiger partial charge in [-0.2, -0.15) is 0 Å². The van der Waals surface area contributed by atoms with Gasteiger partial charge in [0.15, 0.2) is 13.7 Å². The maximum absolute atomic E-state index is 10.9. The van der Waals surface area contributed by atoms with Crippen LogP contribution in [0.15, 0.2) is 51.9 Å². The number of morpholine rings is 1. The Morgan fingerprint density at radius 3 is 2.65 bits per heavy atom. The topological polar surface area (TPSA) is 92.6 Å². The van der Waals surface area contributed by atoms with Crippen LogP contribution < -0.4 is 5.73 Å². The number of ether oxygens (including phenoxy) is 1. The number of halogens is 1. The van der Waals surface area contributed by atoms with Crippen molar-refractivity contribution in [1.82, 2.24) is 4.90 Å². The number of amides is 1. The second-order valence-corrected chi connectivity index (χ2v) is 5.38. The highest BCUT2D eigenvalue weighted by Gasteiger charge is 2.12. The number of rotatable bonds is 3. The maximum atomic E-state index is 10.9. The molecule has 1 heterocycles. The summed E-state index contributed by atoms with van der Waals surface area (Å²) in [6, 6.07) is 7.05. The molecule has 26 heavy (non-hydrogen) atoms. The van der Waals surface area contributed by atoms with Crippen LogP contribution >= 0.6 is 11.6 Å². The molecule has 7 nitrogen and oxygen atoms in total. The fourth-order valence-corrected chi connectivity index (χ4v) is 2.16. The second kappa shape index (κ2) is 12.1. The lowest BCUT2D eigenvalue weighted by Gasteiger charge is -2.25. The van der Waals surface area contributed by atoms with Crippen molar-refractivity contribution < 1.29 is 9.53 Å². The van der Waals surface area contributed by atoms with Crippen molar-refractivity contribution in [2.45, 2.75) is 0 Å². The van der Waals surface area contributed by atoms with E-state index in [1.54, 1.807) is 29.2 Å². The van der Waals surface area contributed by atoms with Crippen molar-refractivity contribution >= 4 is 43.6 Å². The van der Waals surface area contributed by atoms with Crippen LogP contribution in [-0.4, -0.2) is 69.9 Å².